The lowest BCUT2D eigenvalue weighted by Crippen LogP contribution is -2.49. The summed E-state index contributed by atoms with van der Waals surface area (Å²) in [6.07, 6.45) is 2.54. The Labute approximate surface area is 162 Å². The number of anilines is 2. The highest BCUT2D eigenvalue weighted by molar-refractivity contribution is 5.94. The predicted molar refractivity (Wildman–Crippen MR) is 112 cm³/mol. The summed E-state index contributed by atoms with van der Waals surface area (Å²) in [5.41, 5.74) is 5.94. The molecule has 0 N–H and O–H groups in total. The fraction of sp³-hybridized carbons (Fsp3) is 0.435. The lowest BCUT2D eigenvalue weighted by atomic mass is 10.1. The van der Waals surface area contributed by atoms with Crippen LogP contribution in [-0.2, 0) is 0 Å². The molecule has 2 fully saturated rings. The number of amides is 1. The molecule has 0 bridgehead atoms. The second-order valence-electron chi connectivity index (χ2n) is 7.81. The molecule has 0 radical (unpaired) electrons. The summed E-state index contributed by atoms with van der Waals surface area (Å²) in [7, 11) is 0. The first-order chi connectivity index (χ1) is 13.1. The Morgan fingerprint density at radius 3 is 2.07 bits per heavy atom. The van der Waals surface area contributed by atoms with Gasteiger partial charge in [0.05, 0.1) is 0 Å². The third-order valence-corrected chi connectivity index (χ3v) is 5.85. The molecule has 2 saturated heterocycles. The highest BCUT2D eigenvalue weighted by Gasteiger charge is 2.23. The SMILES string of the molecule is Cc1ccc(N2CCN(C(=O)c3ccc(N4CCCC4)cc3)CC2)c(C)c1. The van der Waals surface area contributed by atoms with E-state index in [1.165, 1.54) is 35.3 Å². The Morgan fingerprint density at radius 1 is 0.778 bits per heavy atom. The molecule has 4 heteroatoms. The first-order valence-corrected chi connectivity index (χ1v) is 10.1. The molecule has 0 atom stereocenters. The van der Waals surface area contributed by atoms with Gasteiger partial charge < -0.3 is 14.7 Å². The van der Waals surface area contributed by atoms with Crippen LogP contribution in [0.15, 0.2) is 42.5 Å². The maximum atomic E-state index is 12.9. The molecule has 2 aliphatic rings. The van der Waals surface area contributed by atoms with Gasteiger partial charge in [0, 0.05) is 56.2 Å². The Bertz CT molecular complexity index is 801. The van der Waals surface area contributed by atoms with Gasteiger partial charge in [-0.3, -0.25) is 4.79 Å². The van der Waals surface area contributed by atoms with Crippen LogP contribution in [-0.4, -0.2) is 50.1 Å². The van der Waals surface area contributed by atoms with E-state index in [1.54, 1.807) is 0 Å². The summed E-state index contributed by atoms with van der Waals surface area (Å²) in [5, 5.41) is 0. The molecule has 0 aliphatic carbocycles. The zero-order valence-corrected chi connectivity index (χ0v) is 16.4. The van der Waals surface area contributed by atoms with Gasteiger partial charge in [0.15, 0.2) is 0 Å². The third kappa shape index (κ3) is 3.80. The topological polar surface area (TPSA) is 26.8 Å². The second kappa shape index (κ2) is 7.63. The first-order valence-electron chi connectivity index (χ1n) is 10.1. The molecular formula is C23H29N3O. The van der Waals surface area contributed by atoms with Gasteiger partial charge in [-0.15, -0.1) is 0 Å². The van der Waals surface area contributed by atoms with E-state index in [9.17, 15) is 4.79 Å². The number of piperazine rings is 1. The Kier molecular flexibility index (Phi) is 5.06. The summed E-state index contributed by atoms with van der Waals surface area (Å²) >= 11 is 0. The van der Waals surface area contributed by atoms with Crippen LogP contribution in [0.1, 0.15) is 34.3 Å². The maximum absolute atomic E-state index is 12.9. The van der Waals surface area contributed by atoms with Crippen LogP contribution in [0.5, 0.6) is 0 Å². The Hall–Kier alpha value is -2.49. The number of carbonyl (C=O) groups is 1. The molecule has 4 nitrogen and oxygen atoms in total. The normalized spacial score (nSPS) is 17.5. The number of benzene rings is 2. The highest BCUT2D eigenvalue weighted by atomic mass is 16.2. The van der Waals surface area contributed by atoms with Crippen molar-refractivity contribution in [2.24, 2.45) is 0 Å². The molecule has 2 aliphatic heterocycles. The van der Waals surface area contributed by atoms with Crippen molar-refractivity contribution >= 4 is 17.3 Å². The van der Waals surface area contributed by atoms with Crippen molar-refractivity contribution in [1.82, 2.24) is 4.90 Å². The Balaban J connectivity index is 1.38. The molecule has 142 valence electrons. The zero-order valence-electron chi connectivity index (χ0n) is 16.4. The molecule has 2 aromatic rings. The van der Waals surface area contributed by atoms with Crippen LogP contribution in [0.2, 0.25) is 0 Å². The molecule has 27 heavy (non-hydrogen) atoms. The lowest BCUT2D eigenvalue weighted by Gasteiger charge is -2.37. The van der Waals surface area contributed by atoms with Crippen molar-refractivity contribution in [2.45, 2.75) is 26.7 Å². The maximum Gasteiger partial charge on any atom is 0.253 e. The molecule has 0 unspecified atom stereocenters. The minimum absolute atomic E-state index is 0.156. The average Bonchev–Trinajstić information content (AvgIpc) is 3.23. The monoisotopic (exact) mass is 363 g/mol. The molecular weight excluding hydrogens is 334 g/mol. The molecule has 0 spiro atoms. The van der Waals surface area contributed by atoms with Crippen molar-refractivity contribution in [1.29, 1.82) is 0 Å². The van der Waals surface area contributed by atoms with E-state index in [2.05, 4.69) is 54.0 Å². The van der Waals surface area contributed by atoms with Gasteiger partial charge in [-0.25, -0.2) is 0 Å². The van der Waals surface area contributed by atoms with Crippen molar-refractivity contribution < 1.29 is 4.79 Å². The smallest absolute Gasteiger partial charge is 0.253 e. The summed E-state index contributed by atoms with van der Waals surface area (Å²) in [6, 6.07) is 14.8. The van der Waals surface area contributed by atoms with E-state index in [-0.39, 0.29) is 5.91 Å². The van der Waals surface area contributed by atoms with E-state index in [0.717, 1.165) is 44.8 Å². The standard InChI is InChI=1S/C23H29N3O/c1-18-5-10-22(19(2)17-18)25-13-15-26(16-14-25)23(27)20-6-8-21(9-7-20)24-11-3-4-12-24/h5-10,17H,3-4,11-16H2,1-2H3. The van der Waals surface area contributed by atoms with Crippen molar-refractivity contribution in [3.05, 3.63) is 59.2 Å². The number of carbonyl (C=O) groups excluding carboxylic acids is 1. The summed E-state index contributed by atoms with van der Waals surface area (Å²) in [5.74, 6) is 0.156. The second-order valence-corrected chi connectivity index (χ2v) is 7.81. The zero-order chi connectivity index (χ0) is 18.8. The fourth-order valence-corrected chi connectivity index (χ4v) is 4.28. The lowest BCUT2D eigenvalue weighted by molar-refractivity contribution is 0.0747. The number of nitrogens with zero attached hydrogens (tertiary/aromatic N) is 3. The summed E-state index contributed by atoms with van der Waals surface area (Å²) in [4.78, 5) is 19.7. The van der Waals surface area contributed by atoms with Crippen LogP contribution >= 0.6 is 0 Å². The van der Waals surface area contributed by atoms with Gasteiger partial charge in [0.2, 0.25) is 0 Å². The van der Waals surface area contributed by atoms with E-state index < -0.39 is 0 Å². The molecule has 0 saturated carbocycles. The quantitative estimate of drug-likeness (QED) is 0.828. The van der Waals surface area contributed by atoms with Gasteiger partial charge in [-0.2, -0.15) is 0 Å². The number of aryl methyl sites for hydroxylation is 2. The first kappa shape index (κ1) is 17.9. The number of hydrogen-bond acceptors (Lipinski definition) is 3. The van der Waals surface area contributed by atoms with E-state index >= 15 is 0 Å². The van der Waals surface area contributed by atoms with Gasteiger partial charge in [-0.1, -0.05) is 17.7 Å². The molecule has 4 rings (SSSR count). The molecule has 1 amide bonds. The largest absolute Gasteiger partial charge is 0.372 e. The van der Waals surface area contributed by atoms with Crippen molar-refractivity contribution in [3.63, 3.8) is 0 Å². The highest BCUT2D eigenvalue weighted by Crippen LogP contribution is 2.24. The van der Waals surface area contributed by atoms with Crippen molar-refractivity contribution in [2.75, 3.05) is 49.1 Å². The third-order valence-electron chi connectivity index (χ3n) is 5.85. The Morgan fingerprint density at radius 2 is 1.44 bits per heavy atom. The number of rotatable bonds is 3. The molecule has 0 aromatic heterocycles. The van der Waals surface area contributed by atoms with Crippen LogP contribution in [0.3, 0.4) is 0 Å². The molecule has 2 aromatic carbocycles. The van der Waals surface area contributed by atoms with E-state index in [0.29, 0.717) is 0 Å². The van der Waals surface area contributed by atoms with Gasteiger partial charge >= 0.3 is 0 Å². The van der Waals surface area contributed by atoms with E-state index in [4.69, 9.17) is 0 Å². The van der Waals surface area contributed by atoms with Crippen LogP contribution in [0, 0.1) is 13.8 Å². The predicted octanol–water partition coefficient (Wildman–Crippen LogP) is 3.87. The van der Waals surface area contributed by atoms with Gasteiger partial charge in [0.1, 0.15) is 0 Å². The van der Waals surface area contributed by atoms with Crippen molar-refractivity contribution in [3.8, 4) is 0 Å². The summed E-state index contributed by atoms with van der Waals surface area (Å²) < 4.78 is 0. The van der Waals surface area contributed by atoms with E-state index in [1.807, 2.05) is 17.0 Å². The molecule has 2 heterocycles. The fourth-order valence-electron chi connectivity index (χ4n) is 4.28. The van der Waals surface area contributed by atoms with Crippen LogP contribution < -0.4 is 9.80 Å². The average molecular weight is 364 g/mol. The summed E-state index contributed by atoms with van der Waals surface area (Å²) in [6.45, 7) is 9.90. The van der Waals surface area contributed by atoms with Crippen LogP contribution in [0.25, 0.3) is 0 Å². The van der Waals surface area contributed by atoms with Crippen LogP contribution in [0.4, 0.5) is 11.4 Å². The van der Waals surface area contributed by atoms with Gasteiger partial charge in [0.25, 0.3) is 5.91 Å². The minimum atomic E-state index is 0.156. The van der Waals surface area contributed by atoms with Gasteiger partial charge in [-0.05, 0) is 62.6 Å². The minimum Gasteiger partial charge on any atom is -0.372 e. The number of hydrogen-bond donors (Lipinski definition) is 0.